The molecule has 204 valence electrons. The third-order valence-electron chi connectivity index (χ3n) is 6.07. The molecule has 0 unspecified atom stereocenters. The van der Waals surface area contributed by atoms with Crippen molar-refractivity contribution in [1.29, 1.82) is 0 Å². The van der Waals surface area contributed by atoms with E-state index in [1.165, 1.54) is 30.6 Å². The Morgan fingerprint density at radius 2 is 1.63 bits per heavy atom. The largest absolute Gasteiger partial charge is 0.494 e. The van der Waals surface area contributed by atoms with E-state index < -0.39 is 11.7 Å². The van der Waals surface area contributed by atoms with Crippen LogP contribution in [0.4, 0.5) is 13.2 Å². The number of thiophene rings is 1. The zero-order valence-corrected chi connectivity index (χ0v) is 22.6. The van der Waals surface area contributed by atoms with Crippen LogP contribution in [0.3, 0.4) is 0 Å². The Kier molecular flexibility index (Phi) is 10.4. The summed E-state index contributed by atoms with van der Waals surface area (Å²) in [6, 6.07) is 12.8. The van der Waals surface area contributed by atoms with Crippen LogP contribution in [-0.4, -0.2) is 32.1 Å². The molecule has 3 aromatic rings. The number of carbonyl (C=O) groups excluding carboxylic acids is 2. The minimum Gasteiger partial charge on any atom is -0.494 e. The number of nitrogens with one attached hydrogen (secondary N) is 1. The van der Waals surface area contributed by atoms with Crippen LogP contribution in [0.15, 0.2) is 48.5 Å². The minimum absolute atomic E-state index is 0.144. The number of methoxy groups -OCH3 is 1. The first-order chi connectivity index (χ1) is 18.1. The van der Waals surface area contributed by atoms with Crippen molar-refractivity contribution < 1.29 is 32.2 Å². The third kappa shape index (κ3) is 8.34. The first-order valence-corrected chi connectivity index (χ1v) is 13.3. The number of rotatable bonds is 12. The van der Waals surface area contributed by atoms with Crippen molar-refractivity contribution >= 4 is 23.2 Å². The van der Waals surface area contributed by atoms with Gasteiger partial charge in [0.2, 0.25) is 0 Å². The standard InChI is InChI=1S/C29H32F3NO4S/c1-19-17-23(18-20(2)27(19)21-8-10-22(11-9-21)29(30,31)32)37-16-6-4-5-7-24-12-13-25(38-24)28(35)33-15-14-26(34)36-3/h8-13,17-18H,4-7,14-16H2,1-3H3,(H,33,35). The van der Waals surface area contributed by atoms with Gasteiger partial charge in [-0.3, -0.25) is 9.59 Å². The predicted octanol–water partition coefficient (Wildman–Crippen LogP) is 7.14. The van der Waals surface area contributed by atoms with Crippen LogP contribution in [0.1, 0.15) is 56.9 Å². The number of halogens is 3. The maximum absolute atomic E-state index is 12.9. The van der Waals surface area contributed by atoms with E-state index in [4.69, 9.17) is 4.74 Å². The Bertz CT molecular complexity index is 1210. The molecule has 0 atom stereocenters. The molecule has 2 aromatic carbocycles. The highest BCUT2D eigenvalue weighted by molar-refractivity contribution is 7.14. The summed E-state index contributed by atoms with van der Waals surface area (Å²) < 4.78 is 49.1. The zero-order chi connectivity index (χ0) is 27.7. The van der Waals surface area contributed by atoms with Gasteiger partial charge in [0.05, 0.1) is 30.6 Å². The molecule has 5 nitrogen and oxygen atoms in total. The van der Waals surface area contributed by atoms with Crippen molar-refractivity contribution in [3.8, 4) is 16.9 Å². The van der Waals surface area contributed by atoms with Gasteiger partial charge in [-0.25, -0.2) is 0 Å². The number of amides is 1. The Morgan fingerprint density at radius 3 is 2.26 bits per heavy atom. The fraction of sp³-hybridized carbons (Fsp3) is 0.379. The van der Waals surface area contributed by atoms with E-state index >= 15 is 0 Å². The monoisotopic (exact) mass is 547 g/mol. The van der Waals surface area contributed by atoms with Crippen LogP contribution < -0.4 is 10.1 Å². The van der Waals surface area contributed by atoms with E-state index in [0.717, 1.165) is 70.7 Å². The Labute approximate surface area is 225 Å². The van der Waals surface area contributed by atoms with E-state index in [2.05, 4.69) is 10.1 Å². The lowest BCUT2D eigenvalue weighted by Gasteiger charge is -2.15. The van der Waals surface area contributed by atoms with Gasteiger partial charge in [-0.05, 0) is 98.2 Å². The van der Waals surface area contributed by atoms with Crippen LogP contribution in [0.2, 0.25) is 0 Å². The summed E-state index contributed by atoms with van der Waals surface area (Å²) in [5.74, 6) is 0.201. The van der Waals surface area contributed by atoms with Crippen molar-refractivity contribution in [3.05, 3.63) is 75.0 Å². The van der Waals surface area contributed by atoms with Crippen molar-refractivity contribution in [3.63, 3.8) is 0 Å². The van der Waals surface area contributed by atoms with Crippen LogP contribution in [0.5, 0.6) is 5.75 Å². The van der Waals surface area contributed by atoms with E-state index in [9.17, 15) is 22.8 Å². The number of carbonyl (C=O) groups is 2. The number of aryl methyl sites for hydroxylation is 3. The molecule has 0 radical (unpaired) electrons. The third-order valence-corrected chi connectivity index (χ3v) is 7.21. The number of hydrogen-bond donors (Lipinski definition) is 1. The van der Waals surface area contributed by atoms with Crippen molar-refractivity contribution in [1.82, 2.24) is 5.32 Å². The summed E-state index contributed by atoms with van der Waals surface area (Å²) in [7, 11) is 1.32. The number of ether oxygens (including phenoxy) is 2. The molecule has 0 bridgehead atoms. The normalized spacial score (nSPS) is 11.3. The highest BCUT2D eigenvalue weighted by Crippen LogP contribution is 2.34. The SMILES string of the molecule is COC(=O)CCNC(=O)c1ccc(CCCCCOc2cc(C)c(-c3ccc(C(F)(F)F)cc3)c(C)c2)s1. The van der Waals surface area contributed by atoms with Gasteiger partial charge in [0, 0.05) is 11.4 Å². The fourth-order valence-electron chi connectivity index (χ4n) is 4.16. The predicted molar refractivity (Wildman–Crippen MR) is 143 cm³/mol. The molecule has 0 saturated heterocycles. The molecule has 0 saturated carbocycles. The number of esters is 1. The Hall–Kier alpha value is -3.33. The molecule has 1 amide bonds. The minimum atomic E-state index is -4.35. The van der Waals surface area contributed by atoms with E-state index in [1.54, 1.807) is 6.07 Å². The summed E-state index contributed by atoms with van der Waals surface area (Å²) in [5, 5.41) is 2.72. The van der Waals surface area contributed by atoms with E-state index in [-0.39, 0.29) is 24.8 Å². The molecule has 0 spiro atoms. The number of benzene rings is 2. The first-order valence-electron chi connectivity index (χ1n) is 12.4. The van der Waals surface area contributed by atoms with Gasteiger partial charge in [0.15, 0.2) is 0 Å². The molecule has 9 heteroatoms. The zero-order valence-electron chi connectivity index (χ0n) is 21.7. The second-order valence-corrected chi connectivity index (χ2v) is 10.2. The molecule has 3 rings (SSSR count). The molecule has 1 aromatic heterocycles. The highest BCUT2D eigenvalue weighted by Gasteiger charge is 2.30. The van der Waals surface area contributed by atoms with Gasteiger partial charge in [-0.15, -0.1) is 11.3 Å². The summed E-state index contributed by atoms with van der Waals surface area (Å²) in [4.78, 5) is 25.1. The van der Waals surface area contributed by atoms with Crippen LogP contribution in [-0.2, 0) is 22.1 Å². The molecular formula is C29H32F3NO4S. The highest BCUT2D eigenvalue weighted by atomic mass is 32.1. The van der Waals surface area contributed by atoms with Gasteiger partial charge in [-0.1, -0.05) is 12.1 Å². The molecule has 1 N–H and O–H groups in total. The summed E-state index contributed by atoms with van der Waals surface area (Å²) in [6.45, 7) is 4.68. The average molecular weight is 548 g/mol. The van der Waals surface area contributed by atoms with Crippen LogP contribution >= 0.6 is 11.3 Å². The smallest absolute Gasteiger partial charge is 0.416 e. The maximum Gasteiger partial charge on any atom is 0.416 e. The molecular weight excluding hydrogens is 515 g/mol. The van der Waals surface area contributed by atoms with Crippen molar-refractivity contribution in [2.24, 2.45) is 0 Å². The van der Waals surface area contributed by atoms with E-state index in [1.807, 2.05) is 32.0 Å². The Balaban J connectivity index is 1.41. The van der Waals surface area contributed by atoms with Gasteiger partial charge < -0.3 is 14.8 Å². The number of alkyl halides is 3. The van der Waals surface area contributed by atoms with Crippen molar-refractivity contribution in [2.75, 3.05) is 20.3 Å². The van der Waals surface area contributed by atoms with Gasteiger partial charge in [-0.2, -0.15) is 13.2 Å². The molecule has 0 aliphatic rings. The molecule has 0 fully saturated rings. The van der Waals surface area contributed by atoms with Gasteiger partial charge in [0.25, 0.3) is 5.91 Å². The summed E-state index contributed by atoms with van der Waals surface area (Å²) in [5.41, 5.74) is 2.90. The Morgan fingerprint density at radius 1 is 0.947 bits per heavy atom. The maximum atomic E-state index is 12.9. The second-order valence-electron chi connectivity index (χ2n) is 9.01. The number of unbranched alkanes of at least 4 members (excludes halogenated alkanes) is 2. The van der Waals surface area contributed by atoms with Gasteiger partial charge in [0.1, 0.15) is 5.75 Å². The second kappa shape index (κ2) is 13.5. The lowest BCUT2D eigenvalue weighted by atomic mass is 9.94. The van der Waals surface area contributed by atoms with Crippen LogP contribution in [0.25, 0.3) is 11.1 Å². The first kappa shape index (κ1) is 29.2. The summed E-state index contributed by atoms with van der Waals surface area (Å²) in [6.07, 6.45) is -0.508. The van der Waals surface area contributed by atoms with Gasteiger partial charge >= 0.3 is 12.1 Å². The molecule has 0 aliphatic heterocycles. The average Bonchev–Trinajstić information content (AvgIpc) is 3.34. The fourth-order valence-corrected chi connectivity index (χ4v) is 5.12. The quantitative estimate of drug-likeness (QED) is 0.193. The number of hydrogen-bond acceptors (Lipinski definition) is 5. The summed E-state index contributed by atoms with van der Waals surface area (Å²) >= 11 is 1.46. The molecule has 0 aliphatic carbocycles. The topological polar surface area (TPSA) is 64.6 Å². The van der Waals surface area contributed by atoms with Crippen molar-refractivity contribution in [2.45, 2.75) is 52.1 Å². The van der Waals surface area contributed by atoms with E-state index in [0.29, 0.717) is 11.5 Å². The van der Waals surface area contributed by atoms with Crippen LogP contribution in [0, 0.1) is 13.8 Å². The molecule has 38 heavy (non-hydrogen) atoms. The lowest BCUT2D eigenvalue weighted by molar-refractivity contribution is -0.140. The molecule has 1 heterocycles. The lowest BCUT2D eigenvalue weighted by Crippen LogP contribution is -2.25.